The highest BCUT2D eigenvalue weighted by Gasteiger charge is 2.29. The smallest absolute Gasteiger partial charge is 0.321 e. The van der Waals surface area contributed by atoms with E-state index in [1.165, 1.54) is 11.8 Å². The highest BCUT2D eigenvalue weighted by atomic mass is 16.5. The zero-order valence-electron chi connectivity index (χ0n) is 16.2. The van der Waals surface area contributed by atoms with Crippen molar-refractivity contribution in [3.63, 3.8) is 0 Å². The molecule has 0 aromatic heterocycles. The summed E-state index contributed by atoms with van der Waals surface area (Å²) in [7, 11) is 0. The Hall–Kier alpha value is -3.16. The Bertz CT molecular complexity index is 790. The summed E-state index contributed by atoms with van der Waals surface area (Å²) in [5.41, 5.74) is 1.74. The fourth-order valence-electron chi connectivity index (χ4n) is 2.80. The van der Waals surface area contributed by atoms with E-state index in [4.69, 9.17) is 4.74 Å². The number of esters is 1. The van der Waals surface area contributed by atoms with Gasteiger partial charge >= 0.3 is 12.0 Å². The van der Waals surface area contributed by atoms with Gasteiger partial charge in [-0.25, -0.2) is 4.79 Å². The summed E-state index contributed by atoms with van der Waals surface area (Å²) in [5, 5.41) is 4.68. The third-order valence-corrected chi connectivity index (χ3v) is 4.44. The number of nitrogens with zero attached hydrogens (tertiary/aromatic N) is 1. The summed E-state index contributed by atoms with van der Waals surface area (Å²) in [6.07, 6.45) is 4.06. The van der Waals surface area contributed by atoms with Crippen LogP contribution in [0.25, 0.3) is 6.08 Å². The molecule has 1 aliphatic heterocycles. The molecule has 0 aliphatic carbocycles. The molecule has 1 aromatic carbocycles. The number of urea groups is 1. The zero-order chi connectivity index (χ0) is 20.7. The zero-order valence-corrected chi connectivity index (χ0v) is 16.2. The van der Waals surface area contributed by atoms with Crippen molar-refractivity contribution in [2.75, 3.05) is 6.61 Å². The van der Waals surface area contributed by atoms with Gasteiger partial charge in [-0.15, -0.1) is 0 Å². The topological polar surface area (TPSA) is 105 Å². The summed E-state index contributed by atoms with van der Waals surface area (Å²) < 4.78 is 4.99. The first-order valence-corrected chi connectivity index (χ1v) is 9.13. The SMILES string of the molecule is CC[C@@H](C)NC(=O)NC(=O)COC(=O)C[C@@H]1c2ccccc2C=CN1C(C)=O. The van der Waals surface area contributed by atoms with Gasteiger partial charge in [0.15, 0.2) is 6.61 Å². The molecule has 150 valence electrons. The lowest BCUT2D eigenvalue weighted by atomic mass is 9.94. The van der Waals surface area contributed by atoms with E-state index in [0.29, 0.717) is 0 Å². The van der Waals surface area contributed by atoms with Crippen LogP contribution in [0.4, 0.5) is 4.79 Å². The predicted octanol–water partition coefficient (Wildman–Crippen LogP) is 2.12. The lowest BCUT2D eigenvalue weighted by molar-refractivity contribution is -0.150. The van der Waals surface area contributed by atoms with Gasteiger partial charge in [0.25, 0.3) is 5.91 Å². The molecular weight excluding hydrogens is 362 g/mol. The van der Waals surface area contributed by atoms with Crippen LogP contribution in [0.1, 0.15) is 50.8 Å². The molecule has 4 amide bonds. The average molecular weight is 387 g/mol. The number of imide groups is 1. The van der Waals surface area contributed by atoms with Crippen molar-refractivity contribution in [3.05, 3.63) is 41.6 Å². The van der Waals surface area contributed by atoms with E-state index in [2.05, 4.69) is 10.6 Å². The summed E-state index contributed by atoms with van der Waals surface area (Å²) in [6.45, 7) is 4.55. The fourth-order valence-corrected chi connectivity index (χ4v) is 2.80. The lowest BCUT2D eigenvalue weighted by Crippen LogP contribution is -2.44. The third kappa shape index (κ3) is 5.67. The van der Waals surface area contributed by atoms with E-state index < -0.39 is 30.6 Å². The Balaban J connectivity index is 1.92. The van der Waals surface area contributed by atoms with Gasteiger partial charge in [0.2, 0.25) is 5.91 Å². The molecule has 0 spiro atoms. The molecule has 8 nitrogen and oxygen atoms in total. The molecule has 2 rings (SSSR count). The van der Waals surface area contributed by atoms with Crippen molar-refractivity contribution < 1.29 is 23.9 Å². The molecule has 2 N–H and O–H groups in total. The summed E-state index contributed by atoms with van der Waals surface area (Å²) in [5.74, 6) is -1.57. The number of amides is 4. The minimum Gasteiger partial charge on any atom is -0.455 e. The van der Waals surface area contributed by atoms with Crippen LogP contribution in [0.2, 0.25) is 0 Å². The second-order valence-corrected chi connectivity index (χ2v) is 6.58. The summed E-state index contributed by atoms with van der Waals surface area (Å²) >= 11 is 0. The van der Waals surface area contributed by atoms with Crippen LogP contribution >= 0.6 is 0 Å². The lowest BCUT2D eigenvalue weighted by Gasteiger charge is -2.32. The largest absolute Gasteiger partial charge is 0.455 e. The standard InChI is InChI=1S/C20H25N3O5/c1-4-13(2)21-20(27)22-18(25)12-28-19(26)11-17-16-8-6-5-7-15(16)9-10-23(17)14(3)24/h5-10,13,17H,4,11-12H2,1-3H3,(H2,21,22,25,27)/t13-,17-/m1/s1. The molecule has 0 saturated carbocycles. The first-order valence-electron chi connectivity index (χ1n) is 9.13. The predicted molar refractivity (Wildman–Crippen MR) is 103 cm³/mol. The van der Waals surface area contributed by atoms with Crippen LogP contribution < -0.4 is 10.6 Å². The Kier molecular flexibility index (Phi) is 7.31. The number of benzene rings is 1. The molecule has 0 fully saturated rings. The fraction of sp³-hybridized carbons (Fsp3) is 0.400. The van der Waals surface area contributed by atoms with Crippen LogP contribution in [0, 0.1) is 0 Å². The van der Waals surface area contributed by atoms with Gasteiger partial charge in [-0.05, 0) is 30.5 Å². The molecule has 8 heteroatoms. The molecule has 28 heavy (non-hydrogen) atoms. The second-order valence-electron chi connectivity index (χ2n) is 6.58. The minimum absolute atomic E-state index is 0.0765. The highest BCUT2D eigenvalue weighted by molar-refractivity contribution is 5.95. The van der Waals surface area contributed by atoms with Crippen LogP contribution in [-0.4, -0.2) is 41.4 Å². The van der Waals surface area contributed by atoms with E-state index in [-0.39, 0.29) is 18.4 Å². The Morgan fingerprint density at radius 1 is 1.21 bits per heavy atom. The monoisotopic (exact) mass is 387 g/mol. The van der Waals surface area contributed by atoms with E-state index in [1.54, 1.807) is 13.1 Å². The molecule has 1 aliphatic rings. The Morgan fingerprint density at radius 2 is 1.93 bits per heavy atom. The van der Waals surface area contributed by atoms with Gasteiger partial charge in [-0.3, -0.25) is 19.7 Å². The van der Waals surface area contributed by atoms with Crippen LogP contribution in [-0.2, 0) is 19.1 Å². The maximum absolute atomic E-state index is 12.2. The number of carbonyl (C=O) groups is 4. The third-order valence-electron chi connectivity index (χ3n) is 4.44. The summed E-state index contributed by atoms with van der Waals surface area (Å²) in [4.78, 5) is 49.0. The van der Waals surface area contributed by atoms with Gasteiger partial charge in [0.1, 0.15) is 0 Å². The molecule has 0 radical (unpaired) electrons. The first kappa shape index (κ1) is 21.1. The Morgan fingerprint density at radius 3 is 2.61 bits per heavy atom. The van der Waals surface area contributed by atoms with Gasteiger partial charge in [-0.1, -0.05) is 31.2 Å². The molecule has 1 aromatic rings. The number of nitrogens with one attached hydrogen (secondary N) is 2. The molecule has 0 saturated heterocycles. The first-order chi connectivity index (χ1) is 13.3. The van der Waals surface area contributed by atoms with E-state index in [9.17, 15) is 19.2 Å². The number of rotatable bonds is 6. The van der Waals surface area contributed by atoms with Crippen molar-refractivity contribution in [1.82, 2.24) is 15.5 Å². The minimum atomic E-state index is -0.721. The van der Waals surface area contributed by atoms with Crippen LogP contribution in [0.5, 0.6) is 0 Å². The van der Waals surface area contributed by atoms with Crippen molar-refractivity contribution in [2.45, 2.75) is 45.7 Å². The normalized spacial score (nSPS) is 16.0. The van der Waals surface area contributed by atoms with Crippen molar-refractivity contribution in [1.29, 1.82) is 0 Å². The van der Waals surface area contributed by atoms with E-state index in [1.807, 2.05) is 37.3 Å². The number of ether oxygens (including phenoxy) is 1. The van der Waals surface area contributed by atoms with E-state index >= 15 is 0 Å². The van der Waals surface area contributed by atoms with Crippen LogP contribution in [0.3, 0.4) is 0 Å². The quantitative estimate of drug-likeness (QED) is 0.728. The van der Waals surface area contributed by atoms with Crippen molar-refractivity contribution in [3.8, 4) is 0 Å². The van der Waals surface area contributed by atoms with Crippen LogP contribution in [0.15, 0.2) is 30.5 Å². The maximum atomic E-state index is 12.2. The highest BCUT2D eigenvalue weighted by Crippen LogP contribution is 2.32. The molecule has 1 heterocycles. The molecular formula is C20H25N3O5. The second kappa shape index (κ2) is 9.68. The number of carbonyl (C=O) groups excluding carboxylic acids is 4. The van der Waals surface area contributed by atoms with E-state index in [0.717, 1.165) is 17.5 Å². The van der Waals surface area contributed by atoms with Gasteiger partial charge < -0.3 is 15.0 Å². The molecule has 2 atom stereocenters. The van der Waals surface area contributed by atoms with Crippen molar-refractivity contribution >= 4 is 29.9 Å². The average Bonchev–Trinajstić information content (AvgIpc) is 2.66. The maximum Gasteiger partial charge on any atom is 0.321 e. The molecule has 0 bridgehead atoms. The van der Waals surface area contributed by atoms with Gasteiger partial charge in [-0.2, -0.15) is 0 Å². The summed E-state index contributed by atoms with van der Waals surface area (Å²) in [6, 6.07) is 6.22. The number of hydrogen-bond donors (Lipinski definition) is 2. The molecule has 0 unspecified atom stereocenters. The number of fused-ring (bicyclic) bond motifs is 1. The Labute approximate surface area is 163 Å². The van der Waals surface area contributed by atoms with Crippen molar-refractivity contribution in [2.24, 2.45) is 0 Å². The van der Waals surface area contributed by atoms with Gasteiger partial charge in [0.05, 0.1) is 12.5 Å². The number of hydrogen-bond acceptors (Lipinski definition) is 5. The van der Waals surface area contributed by atoms with Gasteiger partial charge in [0, 0.05) is 19.2 Å².